The van der Waals surface area contributed by atoms with Gasteiger partial charge in [0.05, 0.1) is 23.7 Å². The maximum atomic E-state index is 8.10. The third kappa shape index (κ3) is 1.91. The molecule has 0 aliphatic carbocycles. The van der Waals surface area contributed by atoms with Gasteiger partial charge in [-0.3, -0.25) is 4.98 Å². The number of rotatable bonds is 2. The molecule has 0 saturated heterocycles. The van der Waals surface area contributed by atoms with Gasteiger partial charge in [-0.25, -0.2) is 0 Å². The number of aromatic nitrogens is 1. The maximum Gasteiger partial charge on any atom is 0.155 e. The van der Waals surface area contributed by atoms with Crippen LogP contribution in [0.25, 0.3) is 0 Å². The second kappa shape index (κ2) is 3.33. The SMILES string of the molecule is N#CSNc1cncs1. The average Bonchev–Trinajstić information content (AvgIpc) is 2.34. The molecule has 1 heterocycles. The summed E-state index contributed by atoms with van der Waals surface area (Å²) in [5, 5.41) is 10.9. The Bertz CT molecular complexity index is 200. The molecule has 0 amide bonds. The summed E-state index contributed by atoms with van der Waals surface area (Å²) < 4.78 is 2.79. The van der Waals surface area contributed by atoms with Crippen molar-refractivity contribution in [1.82, 2.24) is 4.98 Å². The van der Waals surface area contributed by atoms with E-state index in [2.05, 4.69) is 9.71 Å². The molecule has 46 valence electrons. The van der Waals surface area contributed by atoms with Gasteiger partial charge in [-0.05, 0) is 0 Å². The van der Waals surface area contributed by atoms with Gasteiger partial charge in [0.15, 0.2) is 5.40 Å². The molecule has 5 heteroatoms. The molecule has 1 N–H and O–H groups in total. The Morgan fingerprint density at radius 3 is 3.33 bits per heavy atom. The predicted octanol–water partition coefficient (Wildman–Crippen LogP) is 1.68. The summed E-state index contributed by atoms with van der Waals surface area (Å²) >= 11 is 2.46. The monoisotopic (exact) mass is 157 g/mol. The van der Waals surface area contributed by atoms with Crippen LogP contribution in [0.1, 0.15) is 0 Å². The van der Waals surface area contributed by atoms with Gasteiger partial charge in [0, 0.05) is 0 Å². The summed E-state index contributed by atoms with van der Waals surface area (Å²) in [5.41, 5.74) is 1.71. The second-order valence-corrected chi connectivity index (χ2v) is 2.64. The molecule has 0 aliphatic heterocycles. The van der Waals surface area contributed by atoms with Crippen molar-refractivity contribution in [2.45, 2.75) is 0 Å². The largest absolute Gasteiger partial charge is 0.308 e. The van der Waals surface area contributed by atoms with E-state index < -0.39 is 0 Å². The van der Waals surface area contributed by atoms with E-state index in [4.69, 9.17) is 5.26 Å². The lowest BCUT2D eigenvalue weighted by molar-refractivity contribution is 1.43. The number of hydrogen-bond acceptors (Lipinski definition) is 5. The topological polar surface area (TPSA) is 48.7 Å². The molecular formula is C4H3N3S2. The zero-order valence-electron chi connectivity index (χ0n) is 4.37. The Hall–Kier alpha value is -0.730. The molecule has 0 unspecified atom stereocenters. The van der Waals surface area contributed by atoms with E-state index >= 15 is 0 Å². The number of thiazole rings is 1. The highest BCUT2D eigenvalue weighted by Crippen LogP contribution is 2.15. The van der Waals surface area contributed by atoms with E-state index in [1.807, 2.05) is 5.40 Å². The van der Waals surface area contributed by atoms with E-state index in [9.17, 15) is 0 Å². The van der Waals surface area contributed by atoms with Crippen molar-refractivity contribution >= 4 is 28.3 Å². The Morgan fingerprint density at radius 1 is 1.89 bits per heavy atom. The summed E-state index contributed by atoms with van der Waals surface area (Å²) in [6.07, 6.45) is 1.68. The van der Waals surface area contributed by atoms with E-state index in [0.29, 0.717) is 0 Å². The standard InChI is InChI=1S/C4H3N3S2/c5-2-9-7-4-1-6-3-8-4/h1,3,7H. The highest BCUT2D eigenvalue weighted by Gasteiger charge is 1.89. The number of nitriles is 1. The summed E-state index contributed by atoms with van der Waals surface area (Å²) in [6, 6.07) is 0. The minimum atomic E-state index is 0.904. The van der Waals surface area contributed by atoms with Crippen molar-refractivity contribution in [2.75, 3.05) is 4.72 Å². The zero-order chi connectivity index (χ0) is 6.53. The van der Waals surface area contributed by atoms with Crippen molar-refractivity contribution in [3.63, 3.8) is 0 Å². The van der Waals surface area contributed by atoms with Gasteiger partial charge in [-0.2, -0.15) is 5.26 Å². The molecule has 9 heavy (non-hydrogen) atoms. The number of hydrogen-bond donors (Lipinski definition) is 1. The maximum absolute atomic E-state index is 8.10. The van der Waals surface area contributed by atoms with Gasteiger partial charge in [-0.15, -0.1) is 11.3 Å². The molecule has 0 radical (unpaired) electrons. The van der Waals surface area contributed by atoms with Crippen LogP contribution in [0.5, 0.6) is 0 Å². The molecule has 1 aromatic rings. The average molecular weight is 157 g/mol. The number of nitrogens with one attached hydrogen (secondary N) is 1. The van der Waals surface area contributed by atoms with Gasteiger partial charge in [0.2, 0.25) is 0 Å². The van der Waals surface area contributed by atoms with E-state index in [-0.39, 0.29) is 0 Å². The Balaban J connectivity index is 2.41. The molecule has 0 aliphatic rings. The van der Waals surface area contributed by atoms with Crippen LogP contribution < -0.4 is 4.72 Å². The number of nitrogens with zero attached hydrogens (tertiary/aromatic N) is 2. The Kier molecular flexibility index (Phi) is 2.36. The molecular weight excluding hydrogens is 154 g/mol. The second-order valence-electron chi connectivity index (χ2n) is 1.16. The van der Waals surface area contributed by atoms with E-state index in [1.165, 1.54) is 11.3 Å². The molecule has 0 bridgehead atoms. The first-order chi connectivity index (χ1) is 4.43. The van der Waals surface area contributed by atoms with Crippen molar-refractivity contribution in [3.8, 4) is 5.40 Å². The molecule has 0 aromatic carbocycles. The fourth-order valence-corrected chi connectivity index (χ4v) is 1.21. The normalized spacial score (nSPS) is 8.33. The van der Waals surface area contributed by atoms with Gasteiger partial charge >= 0.3 is 0 Å². The first kappa shape index (κ1) is 6.39. The van der Waals surface area contributed by atoms with Crippen LogP contribution in [0.15, 0.2) is 11.7 Å². The van der Waals surface area contributed by atoms with Crippen molar-refractivity contribution in [2.24, 2.45) is 0 Å². The summed E-state index contributed by atoms with van der Waals surface area (Å²) in [6.45, 7) is 0. The molecule has 1 rings (SSSR count). The van der Waals surface area contributed by atoms with Gasteiger partial charge in [0.1, 0.15) is 5.00 Å². The van der Waals surface area contributed by atoms with E-state index in [1.54, 1.807) is 11.7 Å². The Morgan fingerprint density at radius 2 is 2.78 bits per heavy atom. The Labute approximate surface area is 60.9 Å². The third-order valence-electron chi connectivity index (χ3n) is 0.630. The van der Waals surface area contributed by atoms with Crippen LogP contribution in [-0.4, -0.2) is 4.98 Å². The zero-order valence-corrected chi connectivity index (χ0v) is 6.00. The fourth-order valence-electron chi connectivity index (χ4n) is 0.339. The summed E-state index contributed by atoms with van der Waals surface area (Å²) in [7, 11) is 0. The minimum absolute atomic E-state index is 0.904. The van der Waals surface area contributed by atoms with Crippen LogP contribution >= 0.6 is 23.3 Å². The third-order valence-corrected chi connectivity index (χ3v) is 1.86. The number of anilines is 1. The lowest BCUT2D eigenvalue weighted by atomic mass is 10.9. The van der Waals surface area contributed by atoms with Crippen LogP contribution in [0.4, 0.5) is 5.00 Å². The quantitative estimate of drug-likeness (QED) is 0.524. The highest BCUT2D eigenvalue weighted by atomic mass is 32.2. The molecule has 0 spiro atoms. The van der Waals surface area contributed by atoms with E-state index in [0.717, 1.165) is 16.9 Å². The highest BCUT2D eigenvalue weighted by molar-refractivity contribution is 8.05. The number of thiocyanates is 1. The van der Waals surface area contributed by atoms with Crippen molar-refractivity contribution in [1.29, 1.82) is 5.26 Å². The first-order valence-corrected chi connectivity index (χ1v) is 3.82. The van der Waals surface area contributed by atoms with Gasteiger partial charge in [-0.1, -0.05) is 0 Å². The first-order valence-electron chi connectivity index (χ1n) is 2.13. The van der Waals surface area contributed by atoms with Crippen LogP contribution in [0.2, 0.25) is 0 Å². The lowest BCUT2D eigenvalue weighted by Crippen LogP contribution is -1.76. The van der Waals surface area contributed by atoms with Crippen molar-refractivity contribution < 1.29 is 0 Å². The lowest BCUT2D eigenvalue weighted by Gasteiger charge is -1.88. The molecule has 0 saturated carbocycles. The smallest absolute Gasteiger partial charge is 0.155 e. The molecule has 3 nitrogen and oxygen atoms in total. The van der Waals surface area contributed by atoms with Crippen LogP contribution in [0, 0.1) is 10.7 Å². The fraction of sp³-hybridized carbons (Fsp3) is 0. The van der Waals surface area contributed by atoms with Crippen molar-refractivity contribution in [3.05, 3.63) is 11.7 Å². The summed E-state index contributed by atoms with van der Waals surface area (Å²) in [4.78, 5) is 3.81. The van der Waals surface area contributed by atoms with Crippen LogP contribution in [0.3, 0.4) is 0 Å². The minimum Gasteiger partial charge on any atom is -0.308 e. The molecule has 1 aromatic heterocycles. The van der Waals surface area contributed by atoms with Crippen LogP contribution in [-0.2, 0) is 0 Å². The summed E-state index contributed by atoms with van der Waals surface area (Å²) in [5.74, 6) is 0. The molecule has 0 atom stereocenters. The van der Waals surface area contributed by atoms with Gasteiger partial charge < -0.3 is 4.72 Å². The van der Waals surface area contributed by atoms with Gasteiger partial charge in [0.25, 0.3) is 0 Å². The molecule has 0 fully saturated rings. The predicted molar refractivity (Wildman–Crippen MR) is 38.9 cm³/mol.